The van der Waals surface area contributed by atoms with E-state index in [1.54, 1.807) is 36.5 Å². The lowest BCUT2D eigenvalue weighted by Crippen LogP contribution is -2.44. The van der Waals surface area contributed by atoms with Gasteiger partial charge < -0.3 is 15.1 Å². The molecule has 31 heavy (non-hydrogen) atoms. The number of carbonyl (C=O) groups is 1. The van der Waals surface area contributed by atoms with E-state index < -0.39 is 0 Å². The van der Waals surface area contributed by atoms with Crippen molar-refractivity contribution in [3.8, 4) is 0 Å². The summed E-state index contributed by atoms with van der Waals surface area (Å²) in [6, 6.07) is 10.9. The molecule has 0 spiro atoms. The first-order valence-electron chi connectivity index (χ1n) is 10.6. The predicted molar refractivity (Wildman–Crippen MR) is 123 cm³/mol. The molecule has 2 aromatic heterocycles. The van der Waals surface area contributed by atoms with Gasteiger partial charge >= 0.3 is 0 Å². The first-order chi connectivity index (χ1) is 14.9. The maximum Gasteiger partial charge on any atom is 0.277 e. The molecule has 162 valence electrons. The van der Waals surface area contributed by atoms with Crippen LogP contribution in [0.5, 0.6) is 0 Å². The van der Waals surface area contributed by atoms with E-state index in [4.69, 9.17) is 0 Å². The number of nitrogens with zero attached hydrogens (tertiary/aromatic N) is 5. The van der Waals surface area contributed by atoms with Crippen molar-refractivity contribution in [3.63, 3.8) is 0 Å². The zero-order valence-electron chi connectivity index (χ0n) is 18.2. The van der Waals surface area contributed by atoms with Crippen molar-refractivity contribution < 1.29 is 4.79 Å². The fourth-order valence-electron chi connectivity index (χ4n) is 3.76. The Kier molecular flexibility index (Phi) is 5.99. The molecule has 0 unspecified atom stereocenters. The number of amides is 1. The topological polar surface area (TPSA) is 83.4 Å². The Morgan fingerprint density at radius 2 is 1.77 bits per heavy atom. The number of hydrogen-bond acceptors (Lipinski definition) is 6. The van der Waals surface area contributed by atoms with Crippen LogP contribution in [0, 0.1) is 5.92 Å². The lowest BCUT2D eigenvalue weighted by molar-refractivity contribution is 0.102. The molecule has 3 heterocycles. The highest BCUT2D eigenvalue weighted by Crippen LogP contribution is 2.19. The second kappa shape index (κ2) is 8.85. The third kappa shape index (κ3) is 4.59. The second-order valence-corrected chi connectivity index (χ2v) is 8.42. The Morgan fingerprint density at radius 1 is 1.06 bits per heavy atom. The van der Waals surface area contributed by atoms with Crippen LogP contribution in [0.1, 0.15) is 24.3 Å². The number of hydrogen-bond donors (Lipinski definition) is 1. The average Bonchev–Trinajstić information content (AvgIpc) is 2.76. The molecule has 1 saturated heterocycles. The third-order valence-corrected chi connectivity index (χ3v) is 5.48. The van der Waals surface area contributed by atoms with Gasteiger partial charge in [-0.1, -0.05) is 32.0 Å². The van der Waals surface area contributed by atoms with E-state index >= 15 is 0 Å². The summed E-state index contributed by atoms with van der Waals surface area (Å²) in [6.45, 7) is 8.41. The molecule has 0 radical (unpaired) electrons. The Labute approximate surface area is 181 Å². The molecule has 0 atom stereocenters. The number of aromatic nitrogens is 3. The van der Waals surface area contributed by atoms with Crippen molar-refractivity contribution in [2.45, 2.75) is 20.4 Å². The van der Waals surface area contributed by atoms with Crippen LogP contribution in [0.2, 0.25) is 0 Å². The Balaban J connectivity index is 1.58. The lowest BCUT2D eigenvalue weighted by Gasteiger charge is -2.33. The summed E-state index contributed by atoms with van der Waals surface area (Å²) in [5, 5.41) is 8.25. The smallest absolute Gasteiger partial charge is 0.277 e. The predicted octanol–water partition coefficient (Wildman–Crippen LogP) is 2.45. The van der Waals surface area contributed by atoms with Crippen LogP contribution in [-0.2, 0) is 6.54 Å². The van der Waals surface area contributed by atoms with E-state index in [-0.39, 0.29) is 23.1 Å². The number of pyridine rings is 1. The molecule has 0 aliphatic carbocycles. The molecule has 3 aromatic rings. The van der Waals surface area contributed by atoms with Crippen LogP contribution < -0.4 is 15.8 Å². The van der Waals surface area contributed by atoms with Crippen LogP contribution in [-0.4, -0.2) is 58.8 Å². The summed E-state index contributed by atoms with van der Waals surface area (Å²) in [6.07, 6.45) is 1.78. The molecule has 1 aliphatic heterocycles. The molecule has 1 amide bonds. The summed E-state index contributed by atoms with van der Waals surface area (Å²) in [5.41, 5.74) is 1.08. The monoisotopic (exact) mass is 420 g/mol. The third-order valence-electron chi connectivity index (χ3n) is 5.48. The molecule has 0 saturated carbocycles. The summed E-state index contributed by atoms with van der Waals surface area (Å²) in [7, 11) is 2.12. The molecule has 1 fully saturated rings. The molecule has 1 aromatic carbocycles. The van der Waals surface area contributed by atoms with E-state index in [1.165, 1.54) is 4.68 Å². The van der Waals surface area contributed by atoms with Crippen LogP contribution in [0.25, 0.3) is 10.8 Å². The van der Waals surface area contributed by atoms with Gasteiger partial charge in [-0.25, -0.2) is 9.67 Å². The molecule has 8 heteroatoms. The van der Waals surface area contributed by atoms with E-state index in [0.29, 0.717) is 23.1 Å². The van der Waals surface area contributed by atoms with Crippen molar-refractivity contribution in [1.82, 2.24) is 19.7 Å². The largest absolute Gasteiger partial charge is 0.368 e. The summed E-state index contributed by atoms with van der Waals surface area (Å²) < 4.78 is 1.38. The minimum atomic E-state index is -0.381. The molecular weight excluding hydrogens is 392 g/mol. The van der Waals surface area contributed by atoms with Gasteiger partial charge in [-0.05, 0) is 31.2 Å². The number of fused-ring (bicyclic) bond motifs is 1. The Morgan fingerprint density at radius 3 is 2.42 bits per heavy atom. The van der Waals surface area contributed by atoms with Gasteiger partial charge in [-0.15, -0.1) is 0 Å². The van der Waals surface area contributed by atoms with Gasteiger partial charge in [0.25, 0.3) is 11.5 Å². The van der Waals surface area contributed by atoms with Crippen molar-refractivity contribution in [2.75, 3.05) is 43.4 Å². The number of nitrogens with one attached hydrogen (secondary N) is 1. The lowest BCUT2D eigenvalue weighted by atomic mass is 10.1. The number of likely N-dealkylation sites (N-methyl/N-ethyl adjacent to an activating group) is 1. The fraction of sp³-hybridized carbons (Fsp3) is 0.391. The van der Waals surface area contributed by atoms with Crippen LogP contribution in [0.4, 0.5) is 11.5 Å². The first-order valence-corrected chi connectivity index (χ1v) is 10.6. The van der Waals surface area contributed by atoms with E-state index in [1.807, 2.05) is 19.9 Å². The summed E-state index contributed by atoms with van der Waals surface area (Å²) >= 11 is 0. The number of piperazine rings is 1. The highest BCUT2D eigenvalue weighted by atomic mass is 16.2. The second-order valence-electron chi connectivity index (χ2n) is 8.42. The van der Waals surface area contributed by atoms with Gasteiger partial charge in [0.2, 0.25) is 0 Å². The highest BCUT2D eigenvalue weighted by molar-refractivity contribution is 6.10. The number of anilines is 2. The van der Waals surface area contributed by atoms with Crippen molar-refractivity contribution in [1.29, 1.82) is 0 Å². The van der Waals surface area contributed by atoms with Gasteiger partial charge in [0, 0.05) is 38.1 Å². The van der Waals surface area contributed by atoms with E-state index in [0.717, 1.165) is 31.9 Å². The summed E-state index contributed by atoms with van der Waals surface area (Å²) in [4.78, 5) is 34.8. The number of benzene rings is 1. The summed E-state index contributed by atoms with van der Waals surface area (Å²) in [5.74, 6) is 0.301. The van der Waals surface area contributed by atoms with Gasteiger partial charge in [0.15, 0.2) is 5.69 Å². The van der Waals surface area contributed by atoms with Crippen molar-refractivity contribution in [3.05, 3.63) is 58.6 Å². The zero-order chi connectivity index (χ0) is 22.0. The molecule has 0 bridgehead atoms. The van der Waals surface area contributed by atoms with E-state index in [2.05, 4.69) is 32.2 Å². The highest BCUT2D eigenvalue weighted by Gasteiger charge is 2.18. The molecule has 1 N–H and O–H groups in total. The average molecular weight is 421 g/mol. The quantitative estimate of drug-likeness (QED) is 0.683. The maximum absolute atomic E-state index is 13.1. The Hall–Kier alpha value is -3.26. The molecule has 1 aliphatic rings. The normalized spacial score (nSPS) is 14.9. The molecule has 8 nitrogen and oxygen atoms in total. The minimum Gasteiger partial charge on any atom is -0.368 e. The Bertz CT molecular complexity index is 1130. The number of carbonyl (C=O) groups excluding carboxylic acids is 1. The maximum atomic E-state index is 13.1. The van der Waals surface area contributed by atoms with Crippen molar-refractivity contribution in [2.24, 2.45) is 5.92 Å². The molecular formula is C23H28N6O2. The van der Waals surface area contributed by atoms with Crippen LogP contribution in [0.15, 0.2) is 47.4 Å². The first kappa shape index (κ1) is 21.0. The van der Waals surface area contributed by atoms with Gasteiger partial charge in [0.05, 0.1) is 17.3 Å². The molecule has 4 rings (SSSR count). The van der Waals surface area contributed by atoms with Gasteiger partial charge in [0.1, 0.15) is 5.82 Å². The van der Waals surface area contributed by atoms with Gasteiger partial charge in [-0.2, -0.15) is 5.10 Å². The minimum absolute atomic E-state index is 0.185. The zero-order valence-corrected chi connectivity index (χ0v) is 18.2. The fourth-order valence-corrected chi connectivity index (χ4v) is 3.76. The van der Waals surface area contributed by atoms with Gasteiger partial charge in [-0.3, -0.25) is 9.59 Å². The van der Waals surface area contributed by atoms with E-state index in [9.17, 15) is 9.59 Å². The SMILES string of the molecule is CC(C)Cn1nc(C(=O)Nc2ccc(N3CCN(C)CC3)cn2)c2ccccc2c1=O. The van der Waals surface area contributed by atoms with Crippen molar-refractivity contribution >= 4 is 28.2 Å². The van der Waals surface area contributed by atoms with Crippen LogP contribution in [0.3, 0.4) is 0 Å². The number of rotatable bonds is 5. The van der Waals surface area contributed by atoms with Crippen LogP contribution >= 0.6 is 0 Å². The standard InChI is InChI=1S/C23H28N6O2/c1-16(2)15-29-23(31)19-7-5-4-6-18(19)21(26-29)22(30)25-20-9-8-17(14-24-20)28-12-10-27(3)11-13-28/h4-9,14,16H,10-13,15H2,1-3H3,(H,24,25,30).